The number of guanidine groups is 1. The van der Waals surface area contributed by atoms with Crippen LogP contribution in [0.2, 0.25) is 0 Å². The first-order valence-corrected chi connectivity index (χ1v) is 10.9. The molecule has 0 atom stereocenters. The summed E-state index contributed by atoms with van der Waals surface area (Å²) in [5.41, 5.74) is 2.02. The van der Waals surface area contributed by atoms with Gasteiger partial charge in [-0.05, 0) is 36.1 Å². The number of carbonyl (C=O) groups excluding carboxylic acids is 1. The number of nitrogens with zero attached hydrogens (tertiary/aromatic N) is 2. The van der Waals surface area contributed by atoms with E-state index in [-0.39, 0.29) is 42.1 Å². The van der Waals surface area contributed by atoms with E-state index in [0.29, 0.717) is 24.7 Å². The molecule has 1 aliphatic heterocycles. The second-order valence-corrected chi connectivity index (χ2v) is 7.84. The fourth-order valence-electron chi connectivity index (χ4n) is 3.74. The summed E-state index contributed by atoms with van der Waals surface area (Å²) in [6, 6.07) is 17.1. The minimum atomic E-state index is -0.326. The molecule has 8 heteroatoms. The lowest BCUT2D eigenvalue weighted by atomic mass is 10.0. The van der Waals surface area contributed by atoms with Crippen LogP contribution in [0.5, 0.6) is 0 Å². The van der Waals surface area contributed by atoms with Crippen LogP contribution in [0, 0.1) is 5.82 Å². The Bertz CT molecular complexity index is 856. The molecule has 3 rings (SSSR count). The molecule has 3 N–H and O–H groups in total. The van der Waals surface area contributed by atoms with Gasteiger partial charge in [0.2, 0.25) is 5.91 Å². The molecule has 1 heterocycles. The first-order chi connectivity index (χ1) is 15.1. The second-order valence-electron chi connectivity index (χ2n) is 7.84. The summed E-state index contributed by atoms with van der Waals surface area (Å²) in [7, 11) is 1.75. The number of aliphatic imine (C=N–C) groups is 1. The van der Waals surface area contributed by atoms with E-state index in [1.54, 1.807) is 19.2 Å². The van der Waals surface area contributed by atoms with Gasteiger partial charge in [0.25, 0.3) is 0 Å². The summed E-state index contributed by atoms with van der Waals surface area (Å²) < 4.78 is 13.2. The average molecular weight is 553 g/mol. The van der Waals surface area contributed by atoms with Crippen molar-refractivity contribution in [2.24, 2.45) is 4.99 Å². The number of carbonyl (C=O) groups is 1. The monoisotopic (exact) mass is 553 g/mol. The molecule has 0 saturated carbocycles. The Morgan fingerprint density at radius 3 is 2.41 bits per heavy atom. The van der Waals surface area contributed by atoms with E-state index < -0.39 is 0 Å². The molecule has 0 aromatic heterocycles. The normalized spacial score (nSPS) is 15.0. The van der Waals surface area contributed by atoms with E-state index in [9.17, 15) is 9.18 Å². The maximum absolute atomic E-state index is 13.2. The van der Waals surface area contributed by atoms with Gasteiger partial charge in [-0.25, -0.2) is 4.39 Å². The highest BCUT2D eigenvalue weighted by atomic mass is 127. The number of rotatable bonds is 8. The average Bonchev–Trinajstić information content (AvgIpc) is 2.78. The maximum Gasteiger partial charge on any atom is 0.224 e. The lowest BCUT2D eigenvalue weighted by Crippen LogP contribution is -2.49. The Morgan fingerprint density at radius 1 is 1.03 bits per heavy atom. The third-order valence-electron chi connectivity index (χ3n) is 5.39. The molecular formula is C24H33FIN5O. The molecular weight excluding hydrogens is 520 g/mol. The number of amides is 1. The van der Waals surface area contributed by atoms with E-state index in [2.05, 4.69) is 50.1 Å². The van der Waals surface area contributed by atoms with Crippen LogP contribution in [-0.2, 0) is 17.8 Å². The second kappa shape index (κ2) is 14.1. The fourth-order valence-corrected chi connectivity index (χ4v) is 3.74. The first-order valence-electron chi connectivity index (χ1n) is 10.9. The van der Waals surface area contributed by atoms with Crippen LogP contribution in [0.15, 0.2) is 59.6 Å². The van der Waals surface area contributed by atoms with Crippen molar-refractivity contribution in [3.8, 4) is 0 Å². The number of likely N-dealkylation sites (tertiary alicyclic amines) is 1. The van der Waals surface area contributed by atoms with Crippen molar-refractivity contribution < 1.29 is 9.18 Å². The van der Waals surface area contributed by atoms with Crippen LogP contribution in [0.1, 0.15) is 24.0 Å². The van der Waals surface area contributed by atoms with E-state index >= 15 is 0 Å². The predicted octanol–water partition coefficient (Wildman–Crippen LogP) is 2.93. The summed E-state index contributed by atoms with van der Waals surface area (Å²) in [5.74, 6) is 0.301. The minimum absolute atomic E-state index is 0. The number of hydrogen-bond acceptors (Lipinski definition) is 3. The van der Waals surface area contributed by atoms with Crippen molar-refractivity contribution in [2.45, 2.75) is 31.8 Å². The molecule has 32 heavy (non-hydrogen) atoms. The van der Waals surface area contributed by atoms with Gasteiger partial charge in [0.05, 0.1) is 6.42 Å². The lowest BCUT2D eigenvalue weighted by molar-refractivity contribution is -0.120. The number of nitrogens with one attached hydrogen (secondary N) is 3. The van der Waals surface area contributed by atoms with Gasteiger partial charge in [0, 0.05) is 45.8 Å². The minimum Gasteiger partial charge on any atom is -0.355 e. The van der Waals surface area contributed by atoms with Gasteiger partial charge in [0.15, 0.2) is 5.96 Å². The zero-order valence-corrected chi connectivity index (χ0v) is 20.8. The molecule has 2 aromatic rings. The number of benzene rings is 2. The van der Waals surface area contributed by atoms with Gasteiger partial charge in [-0.15, -0.1) is 24.0 Å². The quantitative estimate of drug-likeness (QED) is 0.204. The molecule has 0 unspecified atom stereocenters. The Labute approximate surface area is 207 Å². The van der Waals surface area contributed by atoms with Gasteiger partial charge >= 0.3 is 0 Å². The molecule has 174 valence electrons. The van der Waals surface area contributed by atoms with Crippen molar-refractivity contribution in [3.05, 3.63) is 71.5 Å². The van der Waals surface area contributed by atoms with E-state index in [4.69, 9.17) is 0 Å². The highest BCUT2D eigenvalue weighted by Gasteiger charge is 2.20. The van der Waals surface area contributed by atoms with E-state index in [1.165, 1.54) is 17.7 Å². The van der Waals surface area contributed by atoms with Gasteiger partial charge in [0.1, 0.15) is 5.82 Å². The number of piperidine rings is 1. The van der Waals surface area contributed by atoms with Crippen molar-refractivity contribution >= 4 is 35.8 Å². The van der Waals surface area contributed by atoms with Gasteiger partial charge in [-0.3, -0.25) is 14.7 Å². The van der Waals surface area contributed by atoms with E-state index in [0.717, 1.165) is 38.4 Å². The molecule has 2 aromatic carbocycles. The third-order valence-corrected chi connectivity index (χ3v) is 5.39. The Balaban J connectivity index is 0.00000363. The molecule has 0 bridgehead atoms. The molecule has 0 aliphatic carbocycles. The van der Waals surface area contributed by atoms with Crippen molar-refractivity contribution in [2.75, 3.05) is 33.2 Å². The standard InChI is InChI=1S/C24H32FN5O.HI/c1-26-24(28-13-12-27-23(31)17-20-8-5-9-21(25)16-20)29-22-10-14-30(15-11-22)18-19-6-3-2-4-7-19;/h2-9,16,22H,10-15,17-18H2,1H3,(H,27,31)(H2,26,28,29);1H. The Kier molecular flexibility index (Phi) is 11.4. The molecule has 6 nitrogen and oxygen atoms in total. The highest BCUT2D eigenvalue weighted by Crippen LogP contribution is 2.13. The topological polar surface area (TPSA) is 68.8 Å². The van der Waals surface area contributed by atoms with Crippen LogP contribution in [0.25, 0.3) is 0 Å². The van der Waals surface area contributed by atoms with Crippen molar-refractivity contribution in [3.63, 3.8) is 0 Å². The molecule has 1 amide bonds. The predicted molar refractivity (Wildman–Crippen MR) is 138 cm³/mol. The molecule has 0 spiro atoms. The number of hydrogen-bond donors (Lipinski definition) is 3. The Hall–Kier alpha value is -2.20. The fraction of sp³-hybridized carbons (Fsp3) is 0.417. The summed E-state index contributed by atoms with van der Waals surface area (Å²) in [4.78, 5) is 18.8. The summed E-state index contributed by atoms with van der Waals surface area (Å²) in [6.45, 7) is 4.15. The van der Waals surface area contributed by atoms with Crippen LogP contribution >= 0.6 is 24.0 Å². The maximum atomic E-state index is 13.2. The largest absolute Gasteiger partial charge is 0.355 e. The summed E-state index contributed by atoms with van der Waals surface area (Å²) >= 11 is 0. The Morgan fingerprint density at radius 2 is 1.72 bits per heavy atom. The number of halogens is 2. The van der Waals surface area contributed by atoms with E-state index in [1.807, 2.05) is 6.07 Å². The molecule has 1 fully saturated rings. The van der Waals surface area contributed by atoms with Crippen molar-refractivity contribution in [1.29, 1.82) is 0 Å². The van der Waals surface area contributed by atoms with Crippen LogP contribution < -0.4 is 16.0 Å². The van der Waals surface area contributed by atoms with Gasteiger partial charge < -0.3 is 16.0 Å². The summed E-state index contributed by atoms with van der Waals surface area (Å²) in [5, 5.41) is 9.58. The first kappa shape index (κ1) is 26.1. The van der Waals surface area contributed by atoms with Crippen LogP contribution in [-0.4, -0.2) is 56.0 Å². The van der Waals surface area contributed by atoms with Gasteiger partial charge in [-0.1, -0.05) is 42.5 Å². The zero-order chi connectivity index (χ0) is 21.9. The lowest BCUT2D eigenvalue weighted by Gasteiger charge is -2.33. The highest BCUT2D eigenvalue weighted by molar-refractivity contribution is 14.0. The van der Waals surface area contributed by atoms with Crippen LogP contribution in [0.4, 0.5) is 4.39 Å². The zero-order valence-electron chi connectivity index (χ0n) is 18.5. The van der Waals surface area contributed by atoms with Crippen molar-refractivity contribution in [1.82, 2.24) is 20.9 Å². The smallest absolute Gasteiger partial charge is 0.224 e. The van der Waals surface area contributed by atoms with Gasteiger partial charge in [-0.2, -0.15) is 0 Å². The SMILES string of the molecule is CN=C(NCCNC(=O)Cc1cccc(F)c1)NC1CCN(Cc2ccccc2)CC1.I. The molecule has 0 radical (unpaired) electrons. The molecule has 1 aliphatic rings. The summed E-state index contributed by atoms with van der Waals surface area (Å²) in [6.07, 6.45) is 2.31. The van der Waals surface area contributed by atoms with Crippen LogP contribution in [0.3, 0.4) is 0 Å². The third kappa shape index (κ3) is 9.12. The molecule has 1 saturated heterocycles.